The molecule has 2 aliphatic rings. The molecule has 3 heterocycles. The first kappa shape index (κ1) is 17.4. The number of aromatic nitrogens is 2. The minimum atomic E-state index is -0.240. The van der Waals surface area contributed by atoms with Gasteiger partial charge in [0.15, 0.2) is 17.3 Å². The molecular formula is C21H19N3O5. The summed E-state index contributed by atoms with van der Waals surface area (Å²) in [6, 6.07) is 11.3. The van der Waals surface area contributed by atoms with E-state index < -0.39 is 0 Å². The van der Waals surface area contributed by atoms with Crippen molar-refractivity contribution in [3.05, 3.63) is 47.5 Å². The van der Waals surface area contributed by atoms with Crippen molar-refractivity contribution in [2.75, 3.05) is 26.3 Å². The van der Waals surface area contributed by atoms with Gasteiger partial charge in [0, 0.05) is 35.1 Å². The molecular weight excluding hydrogens is 374 g/mol. The van der Waals surface area contributed by atoms with Crippen LogP contribution in [0.2, 0.25) is 0 Å². The van der Waals surface area contributed by atoms with E-state index >= 15 is 0 Å². The number of benzene rings is 2. The number of anilines is 1. The number of para-hydroxylation sites is 1. The number of nitrogens with one attached hydrogen (secondary N) is 2. The Morgan fingerprint density at radius 1 is 1.14 bits per heavy atom. The summed E-state index contributed by atoms with van der Waals surface area (Å²) in [6.07, 6.45) is 0.276. The van der Waals surface area contributed by atoms with Crippen molar-refractivity contribution >= 4 is 11.7 Å². The van der Waals surface area contributed by atoms with E-state index in [1.54, 1.807) is 14.2 Å². The summed E-state index contributed by atoms with van der Waals surface area (Å²) < 4.78 is 22.1. The Morgan fingerprint density at radius 2 is 2.03 bits per heavy atom. The second-order valence-electron chi connectivity index (χ2n) is 6.81. The summed E-state index contributed by atoms with van der Waals surface area (Å²) in [7, 11) is 3.21. The summed E-state index contributed by atoms with van der Waals surface area (Å²) >= 11 is 0. The van der Waals surface area contributed by atoms with Gasteiger partial charge in [0.1, 0.15) is 11.5 Å². The molecule has 0 radical (unpaired) electrons. The Kier molecular flexibility index (Phi) is 4.04. The summed E-state index contributed by atoms with van der Waals surface area (Å²) in [6.45, 7) is 0.169. The Hall–Kier alpha value is -3.68. The molecule has 5 rings (SSSR count). The molecule has 29 heavy (non-hydrogen) atoms. The zero-order valence-electron chi connectivity index (χ0n) is 15.9. The number of amides is 1. The van der Waals surface area contributed by atoms with Crippen LogP contribution in [0.3, 0.4) is 0 Å². The summed E-state index contributed by atoms with van der Waals surface area (Å²) in [5, 5.41) is 10.3. The predicted octanol–water partition coefficient (Wildman–Crippen LogP) is 3.30. The standard InChI is InChI=1S/C21H19N3O5/c1-26-11-6-7-13(16(8-11)27-2)19-18-14(9-17(25)22-21(18)24-23-19)12-4-3-5-15-20(12)29-10-28-15/h3-8,14H,9-10H2,1-2H3,(H2,22,23,24,25). The van der Waals surface area contributed by atoms with Crippen LogP contribution in [0, 0.1) is 0 Å². The van der Waals surface area contributed by atoms with Crippen molar-refractivity contribution in [2.45, 2.75) is 12.3 Å². The highest BCUT2D eigenvalue weighted by molar-refractivity contribution is 5.96. The first-order valence-corrected chi connectivity index (χ1v) is 9.18. The summed E-state index contributed by atoms with van der Waals surface area (Å²) in [5.74, 6) is 2.86. The number of nitrogens with zero attached hydrogens (tertiary/aromatic N) is 1. The van der Waals surface area contributed by atoms with Gasteiger partial charge >= 0.3 is 0 Å². The number of H-pyrrole nitrogens is 1. The number of carbonyl (C=O) groups is 1. The number of carbonyl (C=O) groups excluding carboxylic acids is 1. The van der Waals surface area contributed by atoms with Crippen molar-refractivity contribution in [1.82, 2.24) is 10.2 Å². The first-order chi connectivity index (χ1) is 14.2. The summed E-state index contributed by atoms with van der Waals surface area (Å²) in [5.41, 5.74) is 3.39. The second-order valence-corrected chi connectivity index (χ2v) is 6.81. The average molecular weight is 393 g/mol. The number of hydrogen-bond acceptors (Lipinski definition) is 6. The normalized spacial score (nSPS) is 16.9. The molecule has 148 valence electrons. The van der Waals surface area contributed by atoms with E-state index in [9.17, 15) is 4.79 Å². The number of methoxy groups -OCH3 is 2. The Balaban J connectivity index is 1.69. The highest BCUT2D eigenvalue weighted by atomic mass is 16.7. The molecule has 2 aromatic carbocycles. The zero-order chi connectivity index (χ0) is 20.0. The Bertz CT molecular complexity index is 1110. The van der Waals surface area contributed by atoms with Gasteiger partial charge < -0.3 is 24.3 Å². The van der Waals surface area contributed by atoms with Gasteiger partial charge in [-0.2, -0.15) is 5.10 Å². The molecule has 0 saturated heterocycles. The molecule has 0 saturated carbocycles. The largest absolute Gasteiger partial charge is 0.497 e. The van der Waals surface area contributed by atoms with Crippen LogP contribution in [0.4, 0.5) is 5.82 Å². The fraction of sp³-hybridized carbons (Fsp3) is 0.238. The van der Waals surface area contributed by atoms with Crippen LogP contribution in [0.25, 0.3) is 11.3 Å². The molecule has 0 bridgehead atoms. The van der Waals surface area contributed by atoms with Crippen LogP contribution in [0.1, 0.15) is 23.5 Å². The lowest BCUT2D eigenvalue weighted by atomic mass is 9.83. The molecule has 1 amide bonds. The fourth-order valence-electron chi connectivity index (χ4n) is 3.96. The van der Waals surface area contributed by atoms with E-state index in [1.807, 2.05) is 36.4 Å². The van der Waals surface area contributed by atoms with E-state index in [1.165, 1.54) is 0 Å². The smallest absolute Gasteiger partial charge is 0.231 e. The van der Waals surface area contributed by atoms with Gasteiger partial charge in [-0.05, 0) is 18.2 Å². The van der Waals surface area contributed by atoms with Gasteiger partial charge in [0.05, 0.1) is 19.9 Å². The third kappa shape index (κ3) is 2.75. The number of fused-ring (bicyclic) bond motifs is 2. The molecule has 8 heteroatoms. The molecule has 8 nitrogen and oxygen atoms in total. The predicted molar refractivity (Wildman–Crippen MR) is 105 cm³/mol. The van der Waals surface area contributed by atoms with Gasteiger partial charge in [0.2, 0.25) is 12.7 Å². The highest BCUT2D eigenvalue weighted by Gasteiger charge is 2.35. The van der Waals surface area contributed by atoms with Crippen molar-refractivity contribution in [1.29, 1.82) is 0 Å². The molecule has 2 aliphatic heterocycles. The number of aromatic amines is 1. The number of ether oxygens (including phenoxy) is 4. The van der Waals surface area contributed by atoms with E-state index in [2.05, 4.69) is 15.5 Å². The monoisotopic (exact) mass is 393 g/mol. The van der Waals surface area contributed by atoms with Crippen molar-refractivity contribution in [3.8, 4) is 34.3 Å². The minimum Gasteiger partial charge on any atom is -0.497 e. The minimum absolute atomic E-state index is 0.0984. The molecule has 0 aliphatic carbocycles. The first-order valence-electron chi connectivity index (χ1n) is 9.18. The highest BCUT2D eigenvalue weighted by Crippen LogP contribution is 2.49. The van der Waals surface area contributed by atoms with Crippen LogP contribution in [-0.4, -0.2) is 37.1 Å². The quantitative estimate of drug-likeness (QED) is 0.706. The van der Waals surface area contributed by atoms with Gasteiger partial charge in [-0.3, -0.25) is 9.89 Å². The lowest BCUT2D eigenvalue weighted by Crippen LogP contribution is -2.23. The molecule has 0 fully saturated rings. The third-order valence-electron chi connectivity index (χ3n) is 5.28. The maximum atomic E-state index is 12.4. The van der Waals surface area contributed by atoms with Crippen molar-refractivity contribution in [2.24, 2.45) is 0 Å². The lowest BCUT2D eigenvalue weighted by Gasteiger charge is -2.24. The van der Waals surface area contributed by atoms with E-state index in [-0.39, 0.29) is 25.0 Å². The maximum absolute atomic E-state index is 12.4. The molecule has 1 atom stereocenters. The van der Waals surface area contributed by atoms with Crippen LogP contribution in [0.5, 0.6) is 23.0 Å². The zero-order valence-corrected chi connectivity index (χ0v) is 15.9. The number of rotatable bonds is 4. The van der Waals surface area contributed by atoms with Crippen LogP contribution in [0.15, 0.2) is 36.4 Å². The molecule has 0 spiro atoms. The third-order valence-corrected chi connectivity index (χ3v) is 5.28. The molecule has 2 N–H and O–H groups in total. The van der Waals surface area contributed by atoms with Crippen LogP contribution in [-0.2, 0) is 4.79 Å². The fourth-order valence-corrected chi connectivity index (χ4v) is 3.96. The van der Waals surface area contributed by atoms with E-state index in [0.717, 1.165) is 22.4 Å². The molecule has 3 aromatic rings. The SMILES string of the molecule is COc1ccc(-c2[nH]nc3c2C(c2cccc4c2OCO4)CC(=O)N3)c(OC)c1. The van der Waals surface area contributed by atoms with Crippen LogP contribution < -0.4 is 24.3 Å². The topological polar surface area (TPSA) is 94.7 Å². The van der Waals surface area contributed by atoms with Crippen LogP contribution >= 0.6 is 0 Å². The Morgan fingerprint density at radius 3 is 2.86 bits per heavy atom. The van der Waals surface area contributed by atoms with Gasteiger partial charge in [-0.25, -0.2) is 0 Å². The van der Waals surface area contributed by atoms with E-state index in [0.29, 0.717) is 28.8 Å². The Labute approximate surface area is 166 Å². The molecule has 1 aromatic heterocycles. The summed E-state index contributed by atoms with van der Waals surface area (Å²) in [4.78, 5) is 12.4. The van der Waals surface area contributed by atoms with Gasteiger partial charge in [-0.1, -0.05) is 12.1 Å². The average Bonchev–Trinajstić information content (AvgIpc) is 3.39. The maximum Gasteiger partial charge on any atom is 0.231 e. The van der Waals surface area contributed by atoms with E-state index in [4.69, 9.17) is 18.9 Å². The van der Waals surface area contributed by atoms with Crippen molar-refractivity contribution in [3.63, 3.8) is 0 Å². The lowest BCUT2D eigenvalue weighted by molar-refractivity contribution is -0.116. The second kappa shape index (κ2) is 6.73. The van der Waals surface area contributed by atoms with Crippen molar-refractivity contribution < 1.29 is 23.7 Å². The van der Waals surface area contributed by atoms with Gasteiger partial charge in [-0.15, -0.1) is 0 Å². The number of hydrogen-bond donors (Lipinski definition) is 2. The van der Waals surface area contributed by atoms with Gasteiger partial charge in [0.25, 0.3) is 0 Å². The molecule has 1 unspecified atom stereocenters.